The molecule has 0 bridgehead atoms. The molecule has 0 atom stereocenters. The van der Waals surface area contributed by atoms with Gasteiger partial charge in [0, 0.05) is 60.4 Å². The van der Waals surface area contributed by atoms with Gasteiger partial charge in [-0.05, 0) is 79.8 Å². The van der Waals surface area contributed by atoms with Crippen molar-refractivity contribution in [2.45, 2.75) is 33.6 Å². The van der Waals surface area contributed by atoms with Crippen LogP contribution < -0.4 is 20.5 Å². The maximum Gasteiger partial charge on any atom is 0.254 e. The maximum atomic E-state index is 13.6. The summed E-state index contributed by atoms with van der Waals surface area (Å²) in [5.41, 5.74) is 6.70. The molecule has 182 valence electrons. The van der Waals surface area contributed by atoms with Gasteiger partial charge in [0.25, 0.3) is 5.91 Å². The molecule has 0 aliphatic carbocycles. The topological polar surface area (TPSA) is 61.8 Å². The molecule has 3 aromatic carbocycles. The SMILES string of the molecule is C=c1cc2c(cc1C)=C(c1ccccc1C(=O)N(C)CCCCO)c1cc(C)c(NCC)cc1O2. The number of rotatable bonds is 8. The predicted octanol–water partition coefficient (Wildman–Crippen LogP) is 4.34. The third-order valence-corrected chi connectivity index (χ3v) is 6.57. The number of ether oxygens (including phenoxy) is 1. The summed E-state index contributed by atoms with van der Waals surface area (Å²) in [6.45, 7) is 11.9. The summed E-state index contributed by atoms with van der Waals surface area (Å²) < 4.78 is 6.40. The molecular weight excluding hydrogens is 436 g/mol. The summed E-state index contributed by atoms with van der Waals surface area (Å²) in [7, 11) is 1.82. The lowest BCUT2D eigenvalue weighted by Crippen LogP contribution is -2.29. The number of hydrogen-bond donors (Lipinski definition) is 2. The number of carbonyl (C=O) groups excluding carboxylic acids is 1. The minimum absolute atomic E-state index is 0.0351. The maximum absolute atomic E-state index is 13.6. The summed E-state index contributed by atoms with van der Waals surface area (Å²) in [5.74, 6) is 1.47. The first-order chi connectivity index (χ1) is 16.8. The second kappa shape index (κ2) is 10.4. The van der Waals surface area contributed by atoms with E-state index in [0.29, 0.717) is 18.5 Å². The van der Waals surface area contributed by atoms with Crippen LogP contribution in [0.4, 0.5) is 5.69 Å². The molecule has 5 heteroatoms. The molecule has 3 aromatic rings. The number of anilines is 1. The molecule has 4 rings (SSSR count). The monoisotopic (exact) mass is 470 g/mol. The van der Waals surface area contributed by atoms with Gasteiger partial charge in [0.1, 0.15) is 11.5 Å². The van der Waals surface area contributed by atoms with Gasteiger partial charge in [-0.25, -0.2) is 0 Å². The van der Waals surface area contributed by atoms with Crippen LogP contribution in [0.1, 0.15) is 52.4 Å². The Morgan fingerprint density at radius 3 is 2.54 bits per heavy atom. The molecule has 1 aliphatic rings. The van der Waals surface area contributed by atoms with Gasteiger partial charge >= 0.3 is 0 Å². The number of unbranched alkanes of at least 4 members (excludes halogenated alkanes) is 1. The standard InChI is InChI=1S/C30H34N2O3/c1-6-31-26-18-28-25(16-21(26)4)29(24-15-19(2)20(3)17-27(24)35-28)22-11-7-8-12-23(22)30(34)32(5)13-9-10-14-33/h7-8,11-12,15-18,31,33H,3,6,9-10,13-14H2,1-2,4-5H3. The Kier molecular flexibility index (Phi) is 7.27. The molecule has 0 spiro atoms. The number of aryl methyl sites for hydroxylation is 2. The van der Waals surface area contributed by atoms with Gasteiger partial charge in [-0.3, -0.25) is 4.79 Å². The van der Waals surface area contributed by atoms with Gasteiger partial charge in [-0.15, -0.1) is 0 Å². The third-order valence-electron chi connectivity index (χ3n) is 6.57. The first kappa shape index (κ1) is 24.6. The number of aliphatic hydroxyl groups excluding tert-OH is 1. The van der Waals surface area contributed by atoms with Crippen LogP contribution in [-0.4, -0.2) is 42.7 Å². The van der Waals surface area contributed by atoms with Crippen molar-refractivity contribution in [3.8, 4) is 11.5 Å². The smallest absolute Gasteiger partial charge is 0.254 e. The molecule has 35 heavy (non-hydrogen) atoms. The zero-order valence-electron chi connectivity index (χ0n) is 21.1. The van der Waals surface area contributed by atoms with Crippen LogP contribution in [0.25, 0.3) is 12.2 Å². The van der Waals surface area contributed by atoms with Crippen LogP contribution in [-0.2, 0) is 0 Å². The molecule has 0 aromatic heterocycles. The van der Waals surface area contributed by atoms with Crippen LogP contribution in [0.2, 0.25) is 0 Å². The Morgan fingerprint density at radius 2 is 1.80 bits per heavy atom. The highest BCUT2D eigenvalue weighted by Crippen LogP contribution is 2.40. The lowest BCUT2D eigenvalue weighted by molar-refractivity contribution is 0.0790. The van der Waals surface area contributed by atoms with E-state index in [1.165, 1.54) is 0 Å². The van der Waals surface area contributed by atoms with Gasteiger partial charge in [0.15, 0.2) is 0 Å². The van der Waals surface area contributed by atoms with Crippen molar-refractivity contribution in [1.82, 2.24) is 4.90 Å². The number of nitrogens with zero attached hydrogens (tertiary/aromatic N) is 1. The number of nitrogens with one attached hydrogen (secondary N) is 1. The van der Waals surface area contributed by atoms with E-state index in [9.17, 15) is 4.79 Å². The van der Waals surface area contributed by atoms with Crippen LogP contribution >= 0.6 is 0 Å². The number of aliphatic hydroxyl groups is 1. The summed E-state index contributed by atoms with van der Waals surface area (Å²) in [6.07, 6.45) is 1.43. The lowest BCUT2D eigenvalue weighted by Gasteiger charge is -2.25. The largest absolute Gasteiger partial charge is 0.456 e. The zero-order chi connectivity index (χ0) is 25.1. The molecule has 0 saturated heterocycles. The van der Waals surface area contributed by atoms with E-state index >= 15 is 0 Å². The van der Waals surface area contributed by atoms with E-state index in [0.717, 1.165) is 68.4 Å². The molecule has 1 amide bonds. The summed E-state index contributed by atoms with van der Waals surface area (Å²) >= 11 is 0. The first-order valence-corrected chi connectivity index (χ1v) is 12.2. The first-order valence-electron chi connectivity index (χ1n) is 12.2. The van der Waals surface area contributed by atoms with Crippen molar-refractivity contribution in [3.05, 3.63) is 86.8 Å². The molecule has 0 radical (unpaired) electrons. The average molecular weight is 471 g/mol. The van der Waals surface area contributed by atoms with Gasteiger partial charge in [0.05, 0.1) is 0 Å². The third kappa shape index (κ3) is 4.82. The fourth-order valence-corrected chi connectivity index (χ4v) is 4.57. The Labute approximate surface area is 207 Å². The molecule has 5 nitrogen and oxygen atoms in total. The number of amides is 1. The highest BCUT2D eigenvalue weighted by atomic mass is 16.5. The fraction of sp³-hybridized carbons (Fsp3) is 0.300. The number of carbonyl (C=O) groups is 1. The van der Waals surface area contributed by atoms with E-state index in [2.05, 4.69) is 37.9 Å². The molecular formula is C30H34N2O3. The average Bonchev–Trinajstić information content (AvgIpc) is 2.84. The van der Waals surface area contributed by atoms with E-state index < -0.39 is 0 Å². The van der Waals surface area contributed by atoms with Gasteiger partial charge in [-0.1, -0.05) is 24.8 Å². The Morgan fingerprint density at radius 1 is 1.03 bits per heavy atom. The second-order valence-corrected chi connectivity index (χ2v) is 9.15. The van der Waals surface area contributed by atoms with E-state index in [1.54, 1.807) is 4.90 Å². The van der Waals surface area contributed by atoms with Gasteiger partial charge in [-0.2, -0.15) is 0 Å². The van der Waals surface area contributed by atoms with Gasteiger partial charge < -0.3 is 20.1 Å². The van der Waals surface area contributed by atoms with Crippen LogP contribution in [0.15, 0.2) is 48.5 Å². The van der Waals surface area contributed by atoms with Crippen molar-refractivity contribution in [1.29, 1.82) is 0 Å². The quantitative estimate of drug-likeness (QED) is 0.376. The highest BCUT2D eigenvalue weighted by molar-refractivity contribution is 6.02. The fourth-order valence-electron chi connectivity index (χ4n) is 4.57. The minimum Gasteiger partial charge on any atom is -0.456 e. The lowest BCUT2D eigenvalue weighted by atomic mass is 9.88. The molecule has 0 saturated carbocycles. The predicted molar refractivity (Wildman–Crippen MR) is 143 cm³/mol. The van der Waals surface area contributed by atoms with Crippen LogP contribution in [0.3, 0.4) is 0 Å². The molecule has 0 unspecified atom stereocenters. The van der Waals surface area contributed by atoms with E-state index in [-0.39, 0.29) is 12.5 Å². The van der Waals surface area contributed by atoms with Crippen LogP contribution in [0, 0.1) is 13.8 Å². The summed E-state index contributed by atoms with van der Waals surface area (Å²) in [6, 6.07) is 16.1. The van der Waals surface area contributed by atoms with Crippen molar-refractivity contribution in [2.24, 2.45) is 0 Å². The molecule has 1 heterocycles. The number of benzene rings is 3. The summed E-state index contributed by atoms with van der Waals surface area (Å²) in [5, 5.41) is 14.4. The normalized spacial score (nSPS) is 12.0. The minimum atomic E-state index is -0.0351. The van der Waals surface area contributed by atoms with Crippen molar-refractivity contribution < 1.29 is 14.6 Å². The Hall–Kier alpha value is -3.57. The Balaban J connectivity index is 1.96. The molecule has 0 fully saturated rings. The Bertz CT molecular complexity index is 1380. The van der Waals surface area contributed by atoms with Gasteiger partial charge in [0.2, 0.25) is 0 Å². The highest BCUT2D eigenvalue weighted by Gasteiger charge is 2.26. The number of hydrogen-bond acceptors (Lipinski definition) is 4. The molecule has 2 N–H and O–H groups in total. The zero-order valence-corrected chi connectivity index (χ0v) is 21.1. The van der Waals surface area contributed by atoms with Crippen molar-refractivity contribution >= 4 is 23.7 Å². The van der Waals surface area contributed by atoms with E-state index in [1.807, 2.05) is 50.4 Å². The van der Waals surface area contributed by atoms with E-state index in [4.69, 9.17) is 9.84 Å². The van der Waals surface area contributed by atoms with Crippen LogP contribution in [0.5, 0.6) is 11.5 Å². The van der Waals surface area contributed by atoms with Crippen molar-refractivity contribution in [2.75, 3.05) is 32.1 Å². The number of fused-ring (bicyclic) bond motifs is 2. The van der Waals surface area contributed by atoms with Crippen molar-refractivity contribution in [3.63, 3.8) is 0 Å². The summed E-state index contributed by atoms with van der Waals surface area (Å²) in [4.78, 5) is 15.3. The second-order valence-electron chi connectivity index (χ2n) is 9.15. The molecule has 1 aliphatic heterocycles.